The lowest BCUT2D eigenvalue weighted by molar-refractivity contribution is -0.120. The summed E-state index contributed by atoms with van der Waals surface area (Å²) < 4.78 is 13.4. The van der Waals surface area contributed by atoms with E-state index in [1.165, 1.54) is 18.2 Å². The van der Waals surface area contributed by atoms with Crippen molar-refractivity contribution in [1.82, 2.24) is 16.0 Å². The number of nitrogens with one attached hydrogen (secondary N) is 3. The summed E-state index contributed by atoms with van der Waals surface area (Å²) in [6.45, 7) is 1.74. The molecule has 27 heavy (non-hydrogen) atoms. The van der Waals surface area contributed by atoms with Crippen molar-refractivity contribution < 1.29 is 18.8 Å². The van der Waals surface area contributed by atoms with Crippen LogP contribution in [0.3, 0.4) is 0 Å². The molecule has 6 nitrogen and oxygen atoms in total. The van der Waals surface area contributed by atoms with Crippen molar-refractivity contribution in [2.75, 3.05) is 19.6 Å². The summed E-state index contributed by atoms with van der Waals surface area (Å²) in [5, 5.41) is 8.04. The summed E-state index contributed by atoms with van der Waals surface area (Å²) in [6.07, 6.45) is 0. The second kappa shape index (κ2) is 9.68. The molecule has 0 aliphatic rings. The minimum atomic E-state index is -0.452. The van der Waals surface area contributed by atoms with E-state index in [0.717, 1.165) is 6.07 Å². The molecule has 3 amide bonds. The van der Waals surface area contributed by atoms with Gasteiger partial charge in [-0.3, -0.25) is 14.4 Å². The van der Waals surface area contributed by atoms with Gasteiger partial charge in [0.1, 0.15) is 5.82 Å². The van der Waals surface area contributed by atoms with Gasteiger partial charge in [0, 0.05) is 29.2 Å². The van der Waals surface area contributed by atoms with Gasteiger partial charge in [0.25, 0.3) is 11.8 Å². The molecule has 0 aromatic heterocycles. The highest BCUT2D eigenvalue weighted by Crippen LogP contribution is 2.10. The topological polar surface area (TPSA) is 87.3 Å². The molecule has 2 aromatic rings. The van der Waals surface area contributed by atoms with Gasteiger partial charge in [-0.2, -0.15) is 0 Å². The Hall–Kier alpha value is -2.93. The molecule has 0 fully saturated rings. The van der Waals surface area contributed by atoms with Crippen molar-refractivity contribution in [1.29, 1.82) is 0 Å². The van der Waals surface area contributed by atoms with Gasteiger partial charge in [0.05, 0.1) is 6.54 Å². The third-order valence-electron chi connectivity index (χ3n) is 3.66. The SMILES string of the molecule is Cc1ccc(C(=O)NCCNC(=O)CNC(=O)c2cccc(Cl)c2)cc1F. The van der Waals surface area contributed by atoms with Gasteiger partial charge < -0.3 is 16.0 Å². The average molecular weight is 392 g/mol. The molecule has 2 rings (SSSR count). The van der Waals surface area contributed by atoms with Crippen molar-refractivity contribution in [3.05, 3.63) is 70.0 Å². The predicted octanol–water partition coefficient (Wildman–Crippen LogP) is 2.06. The van der Waals surface area contributed by atoms with Crippen LogP contribution >= 0.6 is 11.6 Å². The van der Waals surface area contributed by atoms with E-state index in [2.05, 4.69) is 16.0 Å². The van der Waals surface area contributed by atoms with Crippen molar-refractivity contribution >= 4 is 29.3 Å². The van der Waals surface area contributed by atoms with Crippen LogP contribution in [0.15, 0.2) is 42.5 Å². The smallest absolute Gasteiger partial charge is 0.251 e. The molecule has 142 valence electrons. The van der Waals surface area contributed by atoms with Gasteiger partial charge in [0.15, 0.2) is 0 Å². The first kappa shape index (κ1) is 20.4. The Morgan fingerprint density at radius 2 is 1.59 bits per heavy atom. The number of aryl methyl sites for hydroxylation is 1. The molecular weight excluding hydrogens is 373 g/mol. The van der Waals surface area contributed by atoms with Crippen molar-refractivity contribution in [2.24, 2.45) is 0 Å². The van der Waals surface area contributed by atoms with Crippen LogP contribution in [-0.4, -0.2) is 37.4 Å². The zero-order valence-corrected chi connectivity index (χ0v) is 15.4. The minimum absolute atomic E-state index is 0.169. The molecule has 0 spiro atoms. The maximum absolute atomic E-state index is 13.4. The van der Waals surface area contributed by atoms with Gasteiger partial charge in [-0.1, -0.05) is 23.7 Å². The summed E-state index contributed by atoms with van der Waals surface area (Å²) >= 11 is 5.81. The zero-order valence-electron chi connectivity index (χ0n) is 14.6. The summed E-state index contributed by atoms with van der Waals surface area (Å²) in [6, 6.07) is 10.6. The first-order valence-electron chi connectivity index (χ1n) is 8.21. The van der Waals surface area contributed by atoms with Gasteiger partial charge in [-0.05, 0) is 42.8 Å². The fourth-order valence-electron chi connectivity index (χ4n) is 2.17. The first-order chi connectivity index (χ1) is 12.9. The second-order valence-corrected chi connectivity index (χ2v) is 6.20. The van der Waals surface area contributed by atoms with E-state index >= 15 is 0 Å². The molecule has 0 bridgehead atoms. The fraction of sp³-hybridized carbons (Fsp3) is 0.211. The summed E-state index contributed by atoms with van der Waals surface area (Å²) in [5.41, 5.74) is 1.02. The van der Waals surface area contributed by atoms with Gasteiger partial charge >= 0.3 is 0 Å². The Morgan fingerprint density at radius 1 is 0.926 bits per heavy atom. The van der Waals surface area contributed by atoms with E-state index in [1.807, 2.05) is 0 Å². The molecular formula is C19H19ClFN3O3. The van der Waals surface area contributed by atoms with Crippen LogP contribution in [0.5, 0.6) is 0 Å². The van der Waals surface area contributed by atoms with Gasteiger partial charge in [0.2, 0.25) is 5.91 Å². The van der Waals surface area contributed by atoms with E-state index in [4.69, 9.17) is 11.6 Å². The quantitative estimate of drug-likeness (QED) is 0.631. The summed E-state index contributed by atoms with van der Waals surface area (Å²) in [4.78, 5) is 35.5. The van der Waals surface area contributed by atoms with Gasteiger partial charge in [-0.25, -0.2) is 4.39 Å². The molecule has 0 atom stereocenters. The lowest BCUT2D eigenvalue weighted by Crippen LogP contribution is -2.40. The number of amides is 3. The summed E-state index contributed by atoms with van der Waals surface area (Å²) in [7, 11) is 0. The Morgan fingerprint density at radius 3 is 2.30 bits per heavy atom. The molecule has 2 aromatic carbocycles. The number of benzene rings is 2. The Kier molecular flexibility index (Phi) is 7.31. The average Bonchev–Trinajstić information content (AvgIpc) is 2.65. The molecule has 3 N–H and O–H groups in total. The van der Waals surface area contributed by atoms with Crippen molar-refractivity contribution in [2.45, 2.75) is 6.92 Å². The second-order valence-electron chi connectivity index (χ2n) is 5.76. The standard InChI is InChI=1S/C19H19ClFN3O3/c1-12-5-6-14(10-16(12)21)18(26)23-8-7-22-17(25)11-24-19(27)13-3-2-4-15(20)9-13/h2-6,9-10H,7-8,11H2,1H3,(H,22,25)(H,23,26)(H,24,27). The maximum Gasteiger partial charge on any atom is 0.251 e. The third kappa shape index (κ3) is 6.38. The van der Waals surface area contributed by atoms with Crippen LogP contribution in [0.4, 0.5) is 4.39 Å². The zero-order chi connectivity index (χ0) is 19.8. The molecule has 0 unspecified atom stereocenters. The number of halogens is 2. The highest BCUT2D eigenvalue weighted by molar-refractivity contribution is 6.30. The van der Waals surface area contributed by atoms with Crippen LogP contribution < -0.4 is 16.0 Å². The third-order valence-corrected chi connectivity index (χ3v) is 3.90. The van der Waals surface area contributed by atoms with E-state index in [9.17, 15) is 18.8 Å². The highest BCUT2D eigenvalue weighted by Gasteiger charge is 2.09. The van der Waals surface area contributed by atoms with Crippen LogP contribution in [0.2, 0.25) is 5.02 Å². The van der Waals surface area contributed by atoms with Gasteiger partial charge in [-0.15, -0.1) is 0 Å². The number of rotatable bonds is 7. The van der Waals surface area contributed by atoms with E-state index < -0.39 is 23.5 Å². The lowest BCUT2D eigenvalue weighted by Gasteiger charge is -2.09. The number of hydrogen-bond acceptors (Lipinski definition) is 3. The number of carbonyl (C=O) groups excluding carboxylic acids is 3. The molecule has 0 saturated carbocycles. The molecule has 0 aliphatic carbocycles. The number of hydrogen-bond donors (Lipinski definition) is 3. The maximum atomic E-state index is 13.4. The monoisotopic (exact) mass is 391 g/mol. The lowest BCUT2D eigenvalue weighted by atomic mass is 10.1. The molecule has 0 heterocycles. The van der Waals surface area contributed by atoms with Crippen LogP contribution in [-0.2, 0) is 4.79 Å². The van der Waals surface area contributed by atoms with E-state index in [1.54, 1.807) is 25.1 Å². The first-order valence-corrected chi connectivity index (χ1v) is 8.59. The van der Waals surface area contributed by atoms with Crippen LogP contribution in [0.25, 0.3) is 0 Å². The molecule has 0 radical (unpaired) electrons. The van der Waals surface area contributed by atoms with E-state index in [0.29, 0.717) is 16.1 Å². The van der Waals surface area contributed by atoms with Crippen molar-refractivity contribution in [3.63, 3.8) is 0 Å². The minimum Gasteiger partial charge on any atom is -0.353 e. The molecule has 8 heteroatoms. The molecule has 0 saturated heterocycles. The molecule has 0 aliphatic heterocycles. The van der Waals surface area contributed by atoms with Crippen molar-refractivity contribution in [3.8, 4) is 0 Å². The predicted molar refractivity (Wildman–Crippen MR) is 100 cm³/mol. The van der Waals surface area contributed by atoms with E-state index in [-0.39, 0.29) is 25.2 Å². The summed E-state index contributed by atoms with van der Waals surface area (Å²) in [5.74, 6) is -1.70. The Labute approximate surface area is 161 Å². The van der Waals surface area contributed by atoms with Crippen LogP contribution in [0.1, 0.15) is 26.3 Å². The Balaban J connectivity index is 1.67. The number of carbonyl (C=O) groups is 3. The fourth-order valence-corrected chi connectivity index (χ4v) is 2.36. The Bertz CT molecular complexity index is 858. The van der Waals surface area contributed by atoms with Crippen LogP contribution in [0, 0.1) is 12.7 Å². The largest absolute Gasteiger partial charge is 0.353 e. The normalized spacial score (nSPS) is 10.2. The highest BCUT2D eigenvalue weighted by atomic mass is 35.5.